The molecule has 0 atom stereocenters. The number of sulfonamides is 1. The fourth-order valence-corrected chi connectivity index (χ4v) is 3.68. The summed E-state index contributed by atoms with van der Waals surface area (Å²) < 4.78 is 64.1. The molecule has 10 heteroatoms. The van der Waals surface area contributed by atoms with E-state index in [4.69, 9.17) is 11.6 Å². The summed E-state index contributed by atoms with van der Waals surface area (Å²) in [5.41, 5.74) is 0.564. The van der Waals surface area contributed by atoms with Gasteiger partial charge in [0.1, 0.15) is 6.54 Å². The van der Waals surface area contributed by atoms with E-state index in [2.05, 4.69) is 5.32 Å². The Balaban J connectivity index is 2.37. The Labute approximate surface area is 166 Å². The van der Waals surface area contributed by atoms with Gasteiger partial charge in [0.15, 0.2) is 0 Å². The SMILES string of the molecule is Cc1cccc(C)c1NC(=O)CN(c1ccc(Cl)c(C(F)(F)F)c1)S(C)(=O)=O. The zero-order valence-electron chi connectivity index (χ0n) is 15.3. The maximum absolute atomic E-state index is 13.1. The fourth-order valence-electron chi connectivity index (χ4n) is 2.61. The van der Waals surface area contributed by atoms with Gasteiger partial charge in [0.25, 0.3) is 0 Å². The second kappa shape index (κ2) is 8.00. The Morgan fingerprint density at radius 3 is 2.21 bits per heavy atom. The molecule has 0 heterocycles. The molecule has 0 aliphatic rings. The van der Waals surface area contributed by atoms with E-state index in [0.29, 0.717) is 16.1 Å². The minimum atomic E-state index is -4.77. The average Bonchev–Trinajstić information content (AvgIpc) is 2.55. The van der Waals surface area contributed by atoms with Crippen LogP contribution in [0.3, 0.4) is 0 Å². The molecule has 5 nitrogen and oxygen atoms in total. The maximum atomic E-state index is 13.1. The number of anilines is 2. The lowest BCUT2D eigenvalue weighted by atomic mass is 10.1. The molecule has 0 unspecified atom stereocenters. The highest BCUT2D eigenvalue weighted by molar-refractivity contribution is 7.92. The number of carbonyl (C=O) groups is 1. The van der Waals surface area contributed by atoms with Crippen molar-refractivity contribution in [3.63, 3.8) is 0 Å². The molecule has 1 amide bonds. The maximum Gasteiger partial charge on any atom is 0.417 e. The topological polar surface area (TPSA) is 66.5 Å². The van der Waals surface area contributed by atoms with Crippen molar-refractivity contribution in [1.82, 2.24) is 0 Å². The van der Waals surface area contributed by atoms with Gasteiger partial charge in [0.05, 0.1) is 22.5 Å². The fraction of sp³-hybridized carbons (Fsp3) is 0.278. The van der Waals surface area contributed by atoms with Gasteiger partial charge in [-0.15, -0.1) is 0 Å². The second-order valence-electron chi connectivity index (χ2n) is 6.25. The van der Waals surface area contributed by atoms with Crippen LogP contribution in [0.4, 0.5) is 24.5 Å². The summed E-state index contributed by atoms with van der Waals surface area (Å²) in [5, 5.41) is 2.05. The molecule has 0 saturated carbocycles. The molecule has 28 heavy (non-hydrogen) atoms. The molecule has 0 fully saturated rings. The van der Waals surface area contributed by atoms with E-state index in [-0.39, 0.29) is 5.69 Å². The number of amides is 1. The van der Waals surface area contributed by atoms with Crippen LogP contribution < -0.4 is 9.62 Å². The van der Waals surface area contributed by atoms with Crippen molar-refractivity contribution < 1.29 is 26.4 Å². The van der Waals surface area contributed by atoms with Gasteiger partial charge in [-0.2, -0.15) is 13.2 Å². The smallest absolute Gasteiger partial charge is 0.324 e. The van der Waals surface area contributed by atoms with Gasteiger partial charge in [-0.05, 0) is 43.2 Å². The van der Waals surface area contributed by atoms with Crippen molar-refractivity contribution >= 4 is 38.9 Å². The highest BCUT2D eigenvalue weighted by Gasteiger charge is 2.34. The van der Waals surface area contributed by atoms with Crippen LogP contribution >= 0.6 is 11.6 Å². The minimum Gasteiger partial charge on any atom is -0.324 e. The molecule has 2 aromatic rings. The van der Waals surface area contributed by atoms with Gasteiger partial charge in [0, 0.05) is 5.69 Å². The van der Waals surface area contributed by atoms with E-state index in [9.17, 15) is 26.4 Å². The zero-order chi connectivity index (χ0) is 21.3. The van der Waals surface area contributed by atoms with Crippen LogP contribution in [-0.2, 0) is 21.0 Å². The number of aryl methyl sites for hydroxylation is 2. The lowest BCUT2D eigenvalue weighted by Gasteiger charge is -2.23. The first-order chi connectivity index (χ1) is 12.8. The number of carbonyl (C=O) groups excluding carboxylic acids is 1. The molecule has 0 aliphatic heterocycles. The molecule has 0 radical (unpaired) electrons. The predicted octanol–water partition coefficient (Wildman–Crippen LogP) is 4.38. The molecule has 2 aromatic carbocycles. The van der Waals surface area contributed by atoms with E-state index in [0.717, 1.165) is 29.5 Å². The third kappa shape index (κ3) is 5.17. The molecule has 0 aromatic heterocycles. The van der Waals surface area contributed by atoms with Crippen molar-refractivity contribution in [3.8, 4) is 0 Å². The zero-order valence-corrected chi connectivity index (χ0v) is 16.8. The number of hydrogen-bond acceptors (Lipinski definition) is 3. The summed E-state index contributed by atoms with van der Waals surface area (Å²) in [6, 6.07) is 8.01. The van der Waals surface area contributed by atoms with Crippen LogP contribution in [0.2, 0.25) is 5.02 Å². The van der Waals surface area contributed by atoms with Gasteiger partial charge in [-0.25, -0.2) is 8.42 Å². The minimum absolute atomic E-state index is 0.309. The third-order valence-electron chi connectivity index (χ3n) is 3.98. The first-order valence-electron chi connectivity index (χ1n) is 8.01. The predicted molar refractivity (Wildman–Crippen MR) is 103 cm³/mol. The van der Waals surface area contributed by atoms with E-state index in [1.807, 2.05) is 0 Å². The molecule has 0 bridgehead atoms. The number of rotatable bonds is 5. The molecule has 152 valence electrons. The van der Waals surface area contributed by atoms with Crippen molar-refractivity contribution in [1.29, 1.82) is 0 Å². The van der Waals surface area contributed by atoms with Gasteiger partial charge in [-0.3, -0.25) is 9.10 Å². The Morgan fingerprint density at radius 2 is 1.71 bits per heavy atom. The van der Waals surface area contributed by atoms with Crippen molar-refractivity contribution in [2.45, 2.75) is 20.0 Å². The lowest BCUT2D eigenvalue weighted by molar-refractivity contribution is -0.137. The number of nitrogens with zero attached hydrogens (tertiary/aromatic N) is 1. The van der Waals surface area contributed by atoms with Crippen LogP contribution in [0.25, 0.3) is 0 Å². The third-order valence-corrected chi connectivity index (χ3v) is 5.45. The van der Waals surface area contributed by atoms with E-state index in [1.165, 1.54) is 0 Å². The Kier molecular flexibility index (Phi) is 6.30. The van der Waals surface area contributed by atoms with Crippen LogP contribution in [0.5, 0.6) is 0 Å². The van der Waals surface area contributed by atoms with Crippen molar-refractivity contribution in [2.24, 2.45) is 0 Å². The second-order valence-corrected chi connectivity index (χ2v) is 8.56. The highest BCUT2D eigenvalue weighted by Crippen LogP contribution is 2.37. The molecular weight excluding hydrogens is 417 g/mol. The van der Waals surface area contributed by atoms with Crippen LogP contribution in [-0.4, -0.2) is 27.1 Å². The van der Waals surface area contributed by atoms with Crippen LogP contribution in [0.1, 0.15) is 16.7 Å². The summed E-state index contributed by atoms with van der Waals surface area (Å²) in [4.78, 5) is 12.4. The van der Waals surface area contributed by atoms with E-state index < -0.39 is 39.2 Å². The summed E-state index contributed by atoms with van der Waals surface area (Å²) in [6.07, 6.45) is -3.96. The normalized spacial score (nSPS) is 12.0. The summed E-state index contributed by atoms with van der Waals surface area (Å²) in [7, 11) is -4.04. The standard InChI is InChI=1S/C18H18ClF3N2O3S/c1-11-5-4-6-12(2)17(11)23-16(25)10-24(28(3,26)27)13-7-8-15(19)14(9-13)18(20,21)22/h4-9H,10H2,1-3H3,(H,23,25). The Hall–Kier alpha value is -2.26. The van der Waals surface area contributed by atoms with Crippen molar-refractivity contribution in [2.75, 3.05) is 22.4 Å². The van der Waals surface area contributed by atoms with Gasteiger partial charge in [0.2, 0.25) is 15.9 Å². The molecule has 0 aliphatic carbocycles. The number of halogens is 4. The lowest BCUT2D eigenvalue weighted by Crippen LogP contribution is -2.37. The molecule has 1 N–H and O–H groups in total. The number of para-hydroxylation sites is 1. The number of alkyl halides is 3. The molecule has 0 saturated heterocycles. The van der Waals surface area contributed by atoms with E-state index >= 15 is 0 Å². The Morgan fingerprint density at radius 1 is 1.14 bits per heavy atom. The average molecular weight is 435 g/mol. The molecule has 0 spiro atoms. The summed E-state index contributed by atoms with van der Waals surface area (Å²) >= 11 is 5.58. The van der Waals surface area contributed by atoms with Crippen LogP contribution in [0, 0.1) is 13.8 Å². The van der Waals surface area contributed by atoms with E-state index in [1.54, 1.807) is 32.0 Å². The van der Waals surface area contributed by atoms with Gasteiger partial charge < -0.3 is 5.32 Å². The first-order valence-corrected chi connectivity index (χ1v) is 10.2. The quantitative estimate of drug-likeness (QED) is 0.759. The molecule has 2 rings (SSSR count). The summed E-state index contributed by atoms with van der Waals surface area (Å²) in [5.74, 6) is -0.689. The van der Waals surface area contributed by atoms with Gasteiger partial charge in [-0.1, -0.05) is 29.8 Å². The number of nitrogens with one attached hydrogen (secondary N) is 1. The first kappa shape index (κ1) is 22.0. The summed E-state index contributed by atoms with van der Waals surface area (Å²) in [6.45, 7) is 2.85. The highest BCUT2D eigenvalue weighted by atomic mass is 35.5. The number of benzene rings is 2. The largest absolute Gasteiger partial charge is 0.417 e. The van der Waals surface area contributed by atoms with Crippen molar-refractivity contribution in [3.05, 3.63) is 58.1 Å². The van der Waals surface area contributed by atoms with Crippen LogP contribution in [0.15, 0.2) is 36.4 Å². The monoisotopic (exact) mass is 434 g/mol. The number of hydrogen-bond donors (Lipinski definition) is 1. The Bertz CT molecular complexity index is 987. The van der Waals surface area contributed by atoms with Gasteiger partial charge >= 0.3 is 6.18 Å². The molecular formula is C18H18ClF3N2O3S.